The quantitative estimate of drug-likeness (QED) is 0.538. The topological polar surface area (TPSA) is 40.5 Å². The maximum Gasteiger partial charge on any atom is -0.172 e. The zero-order chi connectivity index (χ0) is 10.9. The van der Waals surface area contributed by atoms with Gasteiger partial charge in [-0.1, -0.05) is 0 Å². The van der Waals surface area contributed by atoms with Crippen LogP contribution in [-0.4, -0.2) is 23.4 Å². The predicted octanol–water partition coefficient (Wildman–Crippen LogP) is 2.09. The third-order valence-electron chi connectivity index (χ3n) is 0.556. The van der Waals surface area contributed by atoms with Crippen molar-refractivity contribution in [1.82, 2.24) is 0 Å². The first kappa shape index (κ1) is 18.9. The molecule has 0 saturated heterocycles. The second kappa shape index (κ2) is 29.5. The largest absolute Gasteiger partial charge is 0.214 e. The molecule has 0 aliphatic carbocycles. The Labute approximate surface area is 96.2 Å². The Morgan fingerprint density at radius 3 is 1.38 bits per heavy atom. The fraction of sp³-hybridized carbons (Fsp3) is 0.444. The molecule has 4 heteroatoms. The van der Waals surface area contributed by atoms with Gasteiger partial charge in [0.25, 0.3) is 0 Å². The molecule has 0 unspecified atom stereocenters. The van der Waals surface area contributed by atoms with E-state index in [4.69, 9.17) is 10.2 Å². The van der Waals surface area contributed by atoms with Crippen molar-refractivity contribution in [3.63, 3.8) is 0 Å². The van der Waals surface area contributed by atoms with Crippen molar-refractivity contribution in [2.45, 2.75) is 13.8 Å². The minimum Gasteiger partial charge on any atom is -0.214 e. The molecule has 1 aromatic carbocycles. The number of aliphatic hydroxyl groups is 2. The van der Waals surface area contributed by atoms with Crippen LogP contribution in [0.15, 0.2) is 30.3 Å². The van der Waals surface area contributed by atoms with Crippen molar-refractivity contribution in [1.29, 1.82) is 0 Å². The van der Waals surface area contributed by atoms with Crippen LogP contribution in [0.2, 0.25) is 0 Å². The molecular weight excluding hydrogens is 223 g/mol. The zero-order valence-corrected chi connectivity index (χ0v) is 10.4. The molecule has 0 saturated carbocycles. The fourth-order valence-electron chi connectivity index (χ4n) is 0.321. The summed E-state index contributed by atoms with van der Waals surface area (Å²) in [6, 6.07) is 10.0. The van der Waals surface area contributed by atoms with Crippen molar-refractivity contribution >= 4 is 9.30 Å². The molecule has 0 atom stereocenters. The van der Waals surface area contributed by atoms with E-state index < -0.39 is 0 Å². The maximum absolute atomic E-state index is 7.57. The summed E-state index contributed by atoms with van der Waals surface area (Å²) in [5.74, 6) is 0. The summed E-state index contributed by atoms with van der Waals surface area (Å²) in [5.41, 5.74) is 0. The zero-order valence-electron chi connectivity index (χ0n) is 8.07. The van der Waals surface area contributed by atoms with E-state index in [9.17, 15) is 0 Å². The summed E-state index contributed by atoms with van der Waals surface area (Å²) in [5, 5.41) is 15.1. The van der Waals surface area contributed by atoms with Crippen molar-refractivity contribution < 1.29 is 29.6 Å². The molecule has 0 bridgehead atoms. The standard InChI is InChI=1S/C5H5.2C2H6O.ClH.Ti/c1-2-4-5-3-1;2*1-2-3;;/h1-5H;2*3H,2H2,1H3;1H;/q-1;;;;+2/p-1. The summed E-state index contributed by atoms with van der Waals surface area (Å²) >= 11 is 1.47. The Bertz CT molecular complexity index is 93.1. The molecule has 0 fully saturated rings. The van der Waals surface area contributed by atoms with E-state index in [0.29, 0.717) is 0 Å². The van der Waals surface area contributed by atoms with Crippen LogP contribution in [0.5, 0.6) is 0 Å². The van der Waals surface area contributed by atoms with Crippen molar-refractivity contribution in [3.05, 3.63) is 30.3 Å². The molecule has 76 valence electrons. The van der Waals surface area contributed by atoms with Gasteiger partial charge < -0.3 is 10.2 Å². The first-order chi connectivity index (χ1) is 6.33. The van der Waals surface area contributed by atoms with Crippen molar-refractivity contribution in [2.24, 2.45) is 0 Å². The first-order valence-corrected chi connectivity index (χ1v) is 6.05. The summed E-state index contributed by atoms with van der Waals surface area (Å²) in [7, 11) is 4.64. The monoisotopic (exact) mass is 240 g/mol. The molecule has 13 heavy (non-hydrogen) atoms. The van der Waals surface area contributed by atoms with Gasteiger partial charge in [0.1, 0.15) is 0 Å². The second-order valence-electron chi connectivity index (χ2n) is 1.59. The van der Waals surface area contributed by atoms with Crippen molar-refractivity contribution in [3.8, 4) is 0 Å². The summed E-state index contributed by atoms with van der Waals surface area (Å²) in [6.07, 6.45) is 0. The molecule has 0 spiro atoms. The van der Waals surface area contributed by atoms with E-state index in [2.05, 4.69) is 9.30 Å². The molecule has 0 aliphatic heterocycles. The average molecular weight is 241 g/mol. The van der Waals surface area contributed by atoms with E-state index in [1.54, 1.807) is 13.8 Å². The minimum absolute atomic E-state index is 0.250. The van der Waals surface area contributed by atoms with E-state index in [-0.39, 0.29) is 13.2 Å². The molecule has 1 aromatic rings. The Balaban J connectivity index is -0.000000112. The van der Waals surface area contributed by atoms with Gasteiger partial charge >= 0.3 is 28.7 Å². The van der Waals surface area contributed by atoms with Gasteiger partial charge in [0.2, 0.25) is 0 Å². The van der Waals surface area contributed by atoms with Gasteiger partial charge in [0.15, 0.2) is 0 Å². The number of halogens is 1. The van der Waals surface area contributed by atoms with Crippen LogP contribution in [0.3, 0.4) is 0 Å². The Morgan fingerprint density at radius 2 is 1.31 bits per heavy atom. The Hall–Kier alpha value is 0.274. The van der Waals surface area contributed by atoms with Gasteiger partial charge in [-0.15, -0.1) is 0 Å². The fourth-order valence-corrected chi connectivity index (χ4v) is 0.321. The van der Waals surface area contributed by atoms with Gasteiger partial charge in [0, 0.05) is 13.2 Å². The normalized spacial score (nSPS) is 6.15. The molecule has 0 heterocycles. The molecule has 1 rings (SSSR count). The number of hydrogen-bond acceptors (Lipinski definition) is 2. The first-order valence-electron chi connectivity index (χ1n) is 3.90. The van der Waals surface area contributed by atoms with Crippen LogP contribution in [0.4, 0.5) is 0 Å². The smallest absolute Gasteiger partial charge is 0.172 e. The number of aliphatic hydroxyl groups excluding tert-OH is 2. The van der Waals surface area contributed by atoms with E-state index >= 15 is 0 Å². The van der Waals surface area contributed by atoms with Gasteiger partial charge in [-0.2, -0.15) is 18.2 Å². The van der Waals surface area contributed by atoms with Crippen molar-refractivity contribution in [2.75, 3.05) is 13.2 Å². The van der Waals surface area contributed by atoms with Gasteiger partial charge in [0.05, 0.1) is 0 Å². The molecule has 2 N–H and O–H groups in total. The molecule has 0 amide bonds. The second-order valence-corrected chi connectivity index (χ2v) is 1.59. The summed E-state index contributed by atoms with van der Waals surface area (Å²) in [4.78, 5) is 0. The number of rotatable bonds is 0. The summed E-state index contributed by atoms with van der Waals surface area (Å²) in [6.45, 7) is 3.86. The third kappa shape index (κ3) is 46.6. The molecule has 0 aromatic heterocycles. The molecular formula is C9H17ClO2Ti. The Morgan fingerprint density at radius 1 is 1.08 bits per heavy atom. The number of hydrogen-bond donors (Lipinski definition) is 2. The van der Waals surface area contributed by atoms with Gasteiger partial charge in [-0.3, -0.25) is 0 Å². The van der Waals surface area contributed by atoms with E-state index in [1.807, 2.05) is 30.3 Å². The van der Waals surface area contributed by atoms with Crippen LogP contribution in [0.1, 0.15) is 13.8 Å². The van der Waals surface area contributed by atoms with E-state index in [1.165, 1.54) is 19.4 Å². The third-order valence-corrected chi connectivity index (χ3v) is 0.556. The van der Waals surface area contributed by atoms with Crippen LogP contribution in [-0.2, 0) is 19.4 Å². The average Bonchev–Trinajstić information content (AvgIpc) is 2.66. The van der Waals surface area contributed by atoms with Crippen LogP contribution >= 0.6 is 9.30 Å². The molecule has 2 nitrogen and oxygen atoms in total. The predicted molar refractivity (Wildman–Crippen MR) is 53.4 cm³/mol. The minimum atomic E-state index is 0.250. The maximum atomic E-state index is 7.57. The van der Waals surface area contributed by atoms with Crippen LogP contribution < -0.4 is 0 Å². The van der Waals surface area contributed by atoms with Crippen LogP contribution in [0.25, 0.3) is 0 Å². The Kier molecular flexibility index (Phi) is 43.0. The van der Waals surface area contributed by atoms with Crippen LogP contribution in [0, 0.1) is 0 Å². The van der Waals surface area contributed by atoms with Gasteiger partial charge in [-0.05, 0) is 13.8 Å². The SMILES string of the molecule is CCO.CCO.[Cl][Ti+].c1cc[cH-]c1. The summed E-state index contributed by atoms with van der Waals surface area (Å²) < 4.78 is 0. The van der Waals surface area contributed by atoms with Gasteiger partial charge in [-0.25, -0.2) is 12.1 Å². The molecule has 0 aliphatic rings. The molecule has 0 radical (unpaired) electrons. The van der Waals surface area contributed by atoms with E-state index in [0.717, 1.165) is 0 Å².